The number of methoxy groups -OCH3 is 1. The van der Waals surface area contributed by atoms with Crippen LogP contribution in [-0.2, 0) is 6.54 Å². The van der Waals surface area contributed by atoms with Gasteiger partial charge in [-0.1, -0.05) is 6.07 Å². The lowest BCUT2D eigenvalue weighted by atomic mass is 10.1. The Labute approximate surface area is 103 Å². The zero-order valence-corrected chi connectivity index (χ0v) is 10.6. The summed E-state index contributed by atoms with van der Waals surface area (Å²) in [4.78, 5) is 6.89. The Balaban J connectivity index is 2.00. The van der Waals surface area contributed by atoms with Gasteiger partial charge in [0, 0.05) is 25.2 Å². The maximum Gasteiger partial charge on any atom is 0.213 e. The minimum Gasteiger partial charge on any atom is -0.481 e. The van der Waals surface area contributed by atoms with Crippen molar-refractivity contribution in [3.8, 4) is 5.88 Å². The Kier molecular flexibility index (Phi) is 3.97. The lowest BCUT2D eigenvalue weighted by molar-refractivity contribution is 0.251. The van der Waals surface area contributed by atoms with E-state index in [1.165, 1.54) is 6.42 Å². The third-order valence-corrected chi connectivity index (χ3v) is 3.48. The molecule has 0 amide bonds. The van der Waals surface area contributed by atoms with E-state index < -0.39 is 0 Å². The smallest absolute Gasteiger partial charge is 0.213 e. The Morgan fingerprint density at radius 1 is 1.53 bits per heavy atom. The highest BCUT2D eigenvalue weighted by Gasteiger charge is 2.28. The number of ether oxygens (including phenoxy) is 1. The van der Waals surface area contributed by atoms with Gasteiger partial charge in [-0.05, 0) is 31.9 Å². The van der Waals surface area contributed by atoms with Crippen molar-refractivity contribution in [3.63, 3.8) is 0 Å². The standard InChI is InChI=1S/C13H21N3O/c1-10-6-11(7-14)8-16(10)9-12-4-3-5-13(15-12)17-2/h3-5,10-11H,6-9,14H2,1-2H3. The van der Waals surface area contributed by atoms with Crippen molar-refractivity contribution in [1.82, 2.24) is 9.88 Å². The van der Waals surface area contributed by atoms with E-state index >= 15 is 0 Å². The second-order valence-electron chi connectivity index (χ2n) is 4.79. The number of likely N-dealkylation sites (tertiary alicyclic amines) is 1. The van der Waals surface area contributed by atoms with Crippen LogP contribution < -0.4 is 10.5 Å². The van der Waals surface area contributed by atoms with Crippen LogP contribution in [0.2, 0.25) is 0 Å². The Morgan fingerprint density at radius 2 is 2.35 bits per heavy atom. The molecule has 1 aliphatic rings. The van der Waals surface area contributed by atoms with E-state index in [1.807, 2.05) is 18.2 Å². The summed E-state index contributed by atoms with van der Waals surface area (Å²) in [5, 5.41) is 0. The lowest BCUT2D eigenvalue weighted by Crippen LogP contribution is -2.27. The molecule has 0 bridgehead atoms. The van der Waals surface area contributed by atoms with E-state index in [2.05, 4.69) is 16.8 Å². The molecule has 0 aromatic carbocycles. The summed E-state index contributed by atoms with van der Waals surface area (Å²) in [7, 11) is 1.65. The van der Waals surface area contributed by atoms with Crippen LogP contribution in [0.15, 0.2) is 18.2 Å². The molecule has 1 aliphatic heterocycles. The van der Waals surface area contributed by atoms with Gasteiger partial charge in [0.25, 0.3) is 0 Å². The minimum absolute atomic E-state index is 0.594. The van der Waals surface area contributed by atoms with Gasteiger partial charge in [0.05, 0.1) is 12.8 Å². The second-order valence-corrected chi connectivity index (χ2v) is 4.79. The van der Waals surface area contributed by atoms with E-state index in [9.17, 15) is 0 Å². The third-order valence-electron chi connectivity index (χ3n) is 3.48. The number of aromatic nitrogens is 1. The molecule has 1 aromatic heterocycles. The van der Waals surface area contributed by atoms with Gasteiger partial charge in [-0.25, -0.2) is 4.98 Å². The summed E-state index contributed by atoms with van der Waals surface area (Å²) in [5.41, 5.74) is 6.80. The zero-order chi connectivity index (χ0) is 12.3. The molecular formula is C13H21N3O. The number of hydrogen-bond acceptors (Lipinski definition) is 4. The first-order valence-corrected chi connectivity index (χ1v) is 6.17. The van der Waals surface area contributed by atoms with Gasteiger partial charge in [0.2, 0.25) is 5.88 Å². The number of pyridine rings is 1. The summed E-state index contributed by atoms with van der Waals surface area (Å²) in [5.74, 6) is 1.32. The first kappa shape index (κ1) is 12.3. The fourth-order valence-corrected chi connectivity index (χ4v) is 2.48. The normalized spacial score (nSPS) is 25.1. The quantitative estimate of drug-likeness (QED) is 0.853. The number of hydrogen-bond donors (Lipinski definition) is 1. The van der Waals surface area contributed by atoms with Crippen molar-refractivity contribution < 1.29 is 4.74 Å². The molecule has 0 aliphatic carbocycles. The molecule has 1 aromatic rings. The molecule has 2 heterocycles. The predicted octanol–water partition coefficient (Wildman–Crippen LogP) is 1.26. The molecule has 2 N–H and O–H groups in total. The van der Waals surface area contributed by atoms with Gasteiger partial charge in [0.15, 0.2) is 0 Å². The van der Waals surface area contributed by atoms with E-state index in [4.69, 9.17) is 10.5 Å². The molecule has 1 saturated heterocycles. The topological polar surface area (TPSA) is 51.4 Å². The molecule has 0 saturated carbocycles. The average molecular weight is 235 g/mol. The molecule has 94 valence electrons. The first-order chi connectivity index (χ1) is 8.22. The van der Waals surface area contributed by atoms with Crippen molar-refractivity contribution in [2.75, 3.05) is 20.2 Å². The minimum atomic E-state index is 0.594. The average Bonchev–Trinajstić information content (AvgIpc) is 2.70. The highest BCUT2D eigenvalue weighted by Crippen LogP contribution is 2.23. The Bertz CT molecular complexity index is 369. The molecule has 0 radical (unpaired) electrons. The molecule has 2 unspecified atom stereocenters. The number of nitrogens with two attached hydrogens (primary N) is 1. The molecule has 17 heavy (non-hydrogen) atoms. The van der Waals surface area contributed by atoms with Crippen molar-refractivity contribution in [2.24, 2.45) is 11.7 Å². The van der Waals surface area contributed by atoms with E-state index in [1.54, 1.807) is 7.11 Å². The Hall–Kier alpha value is -1.13. The number of rotatable bonds is 4. The SMILES string of the molecule is COc1cccc(CN2CC(CN)CC2C)n1. The molecule has 0 spiro atoms. The lowest BCUT2D eigenvalue weighted by Gasteiger charge is -2.20. The van der Waals surface area contributed by atoms with Crippen molar-refractivity contribution >= 4 is 0 Å². The molecule has 1 fully saturated rings. The van der Waals surface area contributed by atoms with Crippen LogP contribution >= 0.6 is 0 Å². The van der Waals surface area contributed by atoms with E-state index in [0.29, 0.717) is 17.8 Å². The summed E-state index contributed by atoms with van der Waals surface area (Å²) >= 11 is 0. The van der Waals surface area contributed by atoms with Gasteiger partial charge in [-0.2, -0.15) is 0 Å². The van der Waals surface area contributed by atoms with Gasteiger partial charge < -0.3 is 10.5 Å². The molecule has 2 atom stereocenters. The zero-order valence-electron chi connectivity index (χ0n) is 10.6. The summed E-state index contributed by atoms with van der Waals surface area (Å²) in [6.07, 6.45) is 1.19. The van der Waals surface area contributed by atoms with E-state index in [0.717, 1.165) is 25.3 Å². The summed E-state index contributed by atoms with van der Waals surface area (Å²) in [6.45, 7) is 5.01. The van der Waals surface area contributed by atoms with Crippen molar-refractivity contribution in [3.05, 3.63) is 23.9 Å². The van der Waals surface area contributed by atoms with Crippen LogP contribution in [0.25, 0.3) is 0 Å². The van der Waals surface area contributed by atoms with Gasteiger partial charge in [0.1, 0.15) is 0 Å². The van der Waals surface area contributed by atoms with Crippen molar-refractivity contribution in [2.45, 2.75) is 25.9 Å². The molecule has 4 heteroatoms. The van der Waals surface area contributed by atoms with Gasteiger partial charge in [-0.15, -0.1) is 0 Å². The predicted molar refractivity (Wildman–Crippen MR) is 67.8 cm³/mol. The fraction of sp³-hybridized carbons (Fsp3) is 0.615. The number of nitrogens with zero attached hydrogens (tertiary/aromatic N) is 2. The summed E-state index contributed by atoms with van der Waals surface area (Å²) < 4.78 is 5.14. The maximum atomic E-state index is 5.73. The largest absolute Gasteiger partial charge is 0.481 e. The van der Waals surface area contributed by atoms with Gasteiger partial charge >= 0.3 is 0 Å². The van der Waals surface area contributed by atoms with Crippen LogP contribution in [0.5, 0.6) is 5.88 Å². The van der Waals surface area contributed by atoms with Crippen LogP contribution in [-0.4, -0.2) is 36.1 Å². The highest BCUT2D eigenvalue weighted by molar-refractivity contribution is 5.15. The van der Waals surface area contributed by atoms with Gasteiger partial charge in [-0.3, -0.25) is 4.90 Å². The Morgan fingerprint density at radius 3 is 3.00 bits per heavy atom. The monoisotopic (exact) mass is 235 g/mol. The highest BCUT2D eigenvalue weighted by atomic mass is 16.5. The fourth-order valence-electron chi connectivity index (χ4n) is 2.48. The van der Waals surface area contributed by atoms with Crippen LogP contribution in [0.1, 0.15) is 19.0 Å². The van der Waals surface area contributed by atoms with Crippen LogP contribution in [0, 0.1) is 5.92 Å². The second kappa shape index (κ2) is 5.47. The van der Waals surface area contributed by atoms with Crippen LogP contribution in [0.4, 0.5) is 0 Å². The molecular weight excluding hydrogens is 214 g/mol. The van der Waals surface area contributed by atoms with E-state index in [-0.39, 0.29) is 0 Å². The molecule has 4 nitrogen and oxygen atoms in total. The third kappa shape index (κ3) is 2.96. The summed E-state index contributed by atoms with van der Waals surface area (Å²) in [6, 6.07) is 6.50. The van der Waals surface area contributed by atoms with Crippen molar-refractivity contribution in [1.29, 1.82) is 0 Å². The molecule has 2 rings (SSSR count). The van der Waals surface area contributed by atoms with Crippen LogP contribution in [0.3, 0.4) is 0 Å². The maximum absolute atomic E-state index is 5.73. The first-order valence-electron chi connectivity index (χ1n) is 6.17.